The maximum atomic E-state index is 14.7. The van der Waals surface area contributed by atoms with Gasteiger partial charge < -0.3 is 14.8 Å². The van der Waals surface area contributed by atoms with E-state index < -0.39 is 43.4 Å². The minimum Gasteiger partial charge on any atom is -0.481 e. The molecule has 1 aromatic carbocycles. The predicted octanol–water partition coefficient (Wildman–Crippen LogP) is 4.39. The molecule has 1 unspecified atom stereocenters. The van der Waals surface area contributed by atoms with Crippen molar-refractivity contribution < 1.29 is 27.8 Å². The van der Waals surface area contributed by atoms with Gasteiger partial charge >= 0.3 is 6.09 Å². The Labute approximate surface area is 199 Å². The van der Waals surface area contributed by atoms with Gasteiger partial charge in [-0.05, 0) is 39.0 Å². The molecule has 2 aromatic rings. The lowest BCUT2D eigenvalue weighted by Crippen LogP contribution is -2.47. The number of hydrogen-bond acceptors (Lipinski definition) is 5. The number of rotatable bonds is 4. The fraction of sp³-hybridized carbons (Fsp3) is 0.458. The van der Waals surface area contributed by atoms with Crippen LogP contribution in [-0.2, 0) is 16.0 Å². The van der Waals surface area contributed by atoms with Crippen molar-refractivity contribution in [2.75, 3.05) is 19.0 Å². The van der Waals surface area contributed by atoms with E-state index in [9.17, 15) is 18.4 Å². The molecule has 0 fully saturated rings. The van der Waals surface area contributed by atoms with E-state index in [1.807, 2.05) is 19.6 Å². The van der Waals surface area contributed by atoms with Gasteiger partial charge in [0.2, 0.25) is 5.88 Å². The summed E-state index contributed by atoms with van der Waals surface area (Å²) >= 11 is 0. The summed E-state index contributed by atoms with van der Waals surface area (Å²) in [6.07, 6.45) is -0.274. The van der Waals surface area contributed by atoms with Crippen molar-refractivity contribution in [3.8, 4) is 5.88 Å². The van der Waals surface area contributed by atoms with Crippen LogP contribution in [-0.4, -0.2) is 49.2 Å². The van der Waals surface area contributed by atoms with Crippen LogP contribution in [0.4, 0.5) is 19.3 Å². The molecule has 2 amide bonds. The molecule has 1 aromatic heterocycles. The molecule has 34 heavy (non-hydrogen) atoms. The van der Waals surface area contributed by atoms with Gasteiger partial charge in [0.05, 0.1) is 20.9 Å². The third-order valence-corrected chi connectivity index (χ3v) is 7.30. The summed E-state index contributed by atoms with van der Waals surface area (Å²) in [5.74, 6) is -1.64. The van der Waals surface area contributed by atoms with Crippen LogP contribution in [0.2, 0.25) is 19.6 Å². The Morgan fingerprint density at radius 3 is 2.29 bits per heavy atom. The van der Waals surface area contributed by atoms with Crippen molar-refractivity contribution in [3.63, 3.8) is 0 Å². The maximum Gasteiger partial charge on any atom is 0.411 e. The first-order chi connectivity index (χ1) is 15.7. The molecular formula is C24H31F2N3O4Si. The third kappa shape index (κ3) is 5.55. The minimum atomic E-state index is -2.28. The molecule has 0 radical (unpaired) electrons. The molecule has 0 saturated heterocycles. The Hall–Kier alpha value is -3.01. The molecule has 1 aliphatic rings. The largest absolute Gasteiger partial charge is 0.481 e. The van der Waals surface area contributed by atoms with E-state index >= 15 is 0 Å². The first-order valence-electron chi connectivity index (χ1n) is 11.0. The van der Waals surface area contributed by atoms with Crippen molar-refractivity contribution in [3.05, 3.63) is 47.2 Å². The molecule has 0 aliphatic carbocycles. The number of amides is 2. The monoisotopic (exact) mass is 491 g/mol. The zero-order valence-corrected chi connectivity index (χ0v) is 21.6. The summed E-state index contributed by atoms with van der Waals surface area (Å²) in [6, 6.07) is 4.39. The number of ether oxygens (including phenoxy) is 2. The number of carbonyl (C=O) groups excluding carboxylic acids is 2. The molecule has 0 bridgehead atoms. The Morgan fingerprint density at radius 2 is 1.76 bits per heavy atom. The number of pyridine rings is 1. The van der Waals surface area contributed by atoms with Gasteiger partial charge in [-0.25, -0.2) is 18.6 Å². The number of halogens is 2. The second-order valence-electron chi connectivity index (χ2n) is 10.3. The van der Waals surface area contributed by atoms with E-state index in [1.54, 1.807) is 32.9 Å². The number of benzene rings is 1. The highest BCUT2D eigenvalue weighted by atomic mass is 28.3. The van der Waals surface area contributed by atoms with E-state index in [2.05, 4.69) is 10.3 Å². The van der Waals surface area contributed by atoms with Gasteiger partial charge in [-0.1, -0.05) is 19.6 Å². The lowest BCUT2D eigenvalue weighted by Gasteiger charge is -2.36. The van der Waals surface area contributed by atoms with Gasteiger partial charge in [-0.15, -0.1) is 0 Å². The molecule has 0 saturated carbocycles. The van der Waals surface area contributed by atoms with Gasteiger partial charge in [0.25, 0.3) is 5.91 Å². The topological polar surface area (TPSA) is 80.8 Å². The van der Waals surface area contributed by atoms with Crippen LogP contribution < -0.4 is 15.2 Å². The molecule has 0 spiro atoms. The third-order valence-electron chi connectivity index (χ3n) is 5.32. The first kappa shape index (κ1) is 25.6. The average molecular weight is 492 g/mol. The number of hydrogen-bond donors (Lipinski definition) is 1. The summed E-state index contributed by atoms with van der Waals surface area (Å²) in [4.78, 5) is 32.1. The van der Waals surface area contributed by atoms with Gasteiger partial charge in [0.15, 0.2) is 0 Å². The van der Waals surface area contributed by atoms with Crippen LogP contribution in [0.15, 0.2) is 24.3 Å². The van der Waals surface area contributed by atoms with Crippen molar-refractivity contribution >= 4 is 30.9 Å². The quantitative estimate of drug-likeness (QED) is 0.642. The highest BCUT2D eigenvalue weighted by Crippen LogP contribution is 2.33. The molecule has 184 valence electrons. The summed E-state index contributed by atoms with van der Waals surface area (Å²) < 4.78 is 40.2. The number of anilines is 1. The van der Waals surface area contributed by atoms with Gasteiger partial charge in [-0.2, -0.15) is 0 Å². The van der Waals surface area contributed by atoms with E-state index in [0.29, 0.717) is 23.6 Å². The number of methoxy groups -OCH3 is 1. The summed E-state index contributed by atoms with van der Waals surface area (Å²) in [5, 5.41) is 2.65. The van der Waals surface area contributed by atoms with Crippen molar-refractivity contribution in [1.29, 1.82) is 0 Å². The Morgan fingerprint density at radius 1 is 1.15 bits per heavy atom. The van der Waals surface area contributed by atoms with Crippen molar-refractivity contribution in [2.24, 2.45) is 0 Å². The standard InChI is InChI=1S/C24H31F2N3O4Si/c1-24(2,3)33-23(31)29-11-10-18-15(8-9-19(28-18)32-4)20(29)22(30)27-14-12-16(25)21(17(26)13-14)34(5,6)7/h8-9,12-13,20H,10-11H2,1-7H3,(H,27,30). The molecule has 2 heterocycles. The van der Waals surface area contributed by atoms with E-state index in [0.717, 1.165) is 12.1 Å². The molecule has 10 heteroatoms. The smallest absolute Gasteiger partial charge is 0.411 e. The zero-order valence-electron chi connectivity index (χ0n) is 20.6. The number of carbonyl (C=O) groups is 2. The molecule has 1 N–H and O–H groups in total. The molecule has 3 rings (SSSR count). The maximum absolute atomic E-state index is 14.7. The van der Waals surface area contributed by atoms with Crippen LogP contribution in [0.25, 0.3) is 0 Å². The number of aromatic nitrogens is 1. The van der Waals surface area contributed by atoms with E-state index in [4.69, 9.17) is 9.47 Å². The van der Waals surface area contributed by atoms with Crippen LogP contribution in [0.1, 0.15) is 38.1 Å². The molecular weight excluding hydrogens is 460 g/mol. The Kier molecular flexibility index (Phi) is 7.02. The van der Waals surface area contributed by atoms with Crippen LogP contribution in [0, 0.1) is 11.6 Å². The second-order valence-corrected chi connectivity index (χ2v) is 15.3. The van der Waals surface area contributed by atoms with E-state index in [1.165, 1.54) is 12.0 Å². The zero-order chi connectivity index (χ0) is 25.4. The summed E-state index contributed by atoms with van der Waals surface area (Å²) in [7, 11) is -0.787. The second kappa shape index (κ2) is 9.32. The normalized spacial score (nSPS) is 16.0. The van der Waals surface area contributed by atoms with Crippen LogP contribution >= 0.6 is 0 Å². The van der Waals surface area contributed by atoms with Gasteiger partial charge in [0, 0.05) is 35.5 Å². The number of fused-ring (bicyclic) bond motifs is 1. The summed E-state index contributed by atoms with van der Waals surface area (Å²) in [6.45, 7) is 10.9. The molecule has 7 nitrogen and oxygen atoms in total. The number of nitrogens with one attached hydrogen (secondary N) is 1. The highest BCUT2D eigenvalue weighted by Gasteiger charge is 2.39. The van der Waals surface area contributed by atoms with Crippen molar-refractivity contribution in [1.82, 2.24) is 9.88 Å². The predicted molar refractivity (Wildman–Crippen MR) is 128 cm³/mol. The fourth-order valence-electron chi connectivity index (χ4n) is 3.95. The van der Waals surface area contributed by atoms with Crippen LogP contribution in [0.3, 0.4) is 0 Å². The van der Waals surface area contributed by atoms with Gasteiger partial charge in [-0.3, -0.25) is 9.69 Å². The fourth-order valence-corrected chi connectivity index (χ4v) is 5.53. The molecule has 1 atom stereocenters. The highest BCUT2D eigenvalue weighted by molar-refractivity contribution is 6.88. The Bertz CT molecular complexity index is 1090. The van der Waals surface area contributed by atoms with Crippen LogP contribution in [0.5, 0.6) is 5.88 Å². The first-order valence-corrected chi connectivity index (χ1v) is 14.5. The van der Waals surface area contributed by atoms with Crippen molar-refractivity contribution in [2.45, 2.75) is 58.5 Å². The SMILES string of the molecule is COc1ccc2c(n1)CCN(C(=O)OC(C)(C)C)C2C(=O)Nc1cc(F)c([Si](C)(C)C)c(F)c1. The van der Waals surface area contributed by atoms with Gasteiger partial charge in [0.1, 0.15) is 23.3 Å². The lowest BCUT2D eigenvalue weighted by molar-refractivity contribution is -0.122. The summed E-state index contributed by atoms with van der Waals surface area (Å²) in [5.41, 5.74) is 0.302. The lowest BCUT2D eigenvalue weighted by atomic mass is 9.96. The molecule has 1 aliphatic heterocycles. The van der Waals surface area contributed by atoms with E-state index in [-0.39, 0.29) is 17.4 Å². The number of nitrogens with zero attached hydrogens (tertiary/aromatic N) is 2. The minimum absolute atomic E-state index is 0.0280. The average Bonchev–Trinajstić information content (AvgIpc) is 2.69. The Balaban J connectivity index is 1.99.